The maximum absolute atomic E-state index is 11.4. The van der Waals surface area contributed by atoms with Gasteiger partial charge in [0.1, 0.15) is 5.69 Å². The number of rotatable bonds is 5. The van der Waals surface area contributed by atoms with Gasteiger partial charge in [-0.05, 0) is 30.4 Å². The quantitative estimate of drug-likeness (QED) is 0.881. The second kappa shape index (κ2) is 5.47. The van der Waals surface area contributed by atoms with E-state index < -0.39 is 5.97 Å². The number of hydrogen-bond donors (Lipinski definition) is 1. The minimum atomic E-state index is -0.854. The zero-order valence-electron chi connectivity index (χ0n) is 11.8. The molecular formula is C16H21NO2. The number of fused-ring (bicyclic) bond motifs is 1. The highest BCUT2D eigenvalue weighted by Gasteiger charge is 2.16. The summed E-state index contributed by atoms with van der Waals surface area (Å²) < 4.78 is 1.94. The van der Waals surface area contributed by atoms with E-state index in [0.29, 0.717) is 17.5 Å². The summed E-state index contributed by atoms with van der Waals surface area (Å²) in [5, 5.41) is 10.3. The Morgan fingerprint density at radius 3 is 2.58 bits per heavy atom. The van der Waals surface area contributed by atoms with Gasteiger partial charge in [0, 0.05) is 17.4 Å². The van der Waals surface area contributed by atoms with E-state index in [1.165, 1.54) is 0 Å². The minimum absolute atomic E-state index is 0.386. The maximum Gasteiger partial charge on any atom is 0.352 e. The molecule has 0 saturated carbocycles. The zero-order chi connectivity index (χ0) is 14.0. The SMILES string of the molecule is CC(C)CC(C)Cn1c(C(=O)O)cc2ccccc21. The first-order chi connectivity index (χ1) is 8.99. The second-order valence-electron chi connectivity index (χ2n) is 5.74. The van der Waals surface area contributed by atoms with Crippen molar-refractivity contribution in [3.8, 4) is 0 Å². The lowest BCUT2D eigenvalue weighted by atomic mass is 9.99. The first kappa shape index (κ1) is 13.7. The van der Waals surface area contributed by atoms with Crippen molar-refractivity contribution in [3.05, 3.63) is 36.0 Å². The summed E-state index contributed by atoms with van der Waals surface area (Å²) >= 11 is 0. The van der Waals surface area contributed by atoms with Crippen molar-refractivity contribution < 1.29 is 9.90 Å². The van der Waals surface area contributed by atoms with Crippen LogP contribution in [0.1, 0.15) is 37.7 Å². The molecule has 2 aromatic rings. The molecule has 1 aromatic carbocycles. The Morgan fingerprint density at radius 2 is 1.95 bits per heavy atom. The fraction of sp³-hybridized carbons (Fsp3) is 0.438. The molecule has 1 unspecified atom stereocenters. The van der Waals surface area contributed by atoms with Crippen LogP contribution in [0, 0.1) is 11.8 Å². The molecule has 0 saturated heterocycles. The van der Waals surface area contributed by atoms with Gasteiger partial charge >= 0.3 is 5.97 Å². The lowest BCUT2D eigenvalue weighted by Gasteiger charge is -2.17. The van der Waals surface area contributed by atoms with E-state index in [4.69, 9.17) is 0 Å². The Hall–Kier alpha value is -1.77. The average Bonchev–Trinajstić information content (AvgIpc) is 2.67. The second-order valence-corrected chi connectivity index (χ2v) is 5.74. The molecule has 19 heavy (non-hydrogen) atoms. The van der Waals surface area contributed by atoms with Gasteiger partial charge in [-0.25, -0.2) is 4.79 Å². The molecule has 3 heteroatoms. The topological polar surface area (TPSA) is 42.2 Å². The normalized spacial score (nSPS) is 13.1. The predicted octanol–water partition coefficient (Wildman–Crippen LogP) is 4.02. The highest BCUT2D eigenvalue weighted by atomic mass is 16.4. The highest BCUT2D eigenvalue weighted by Crippen LogP contribution is 2.23. The number of benzene rings is 1. The number of carbonyl (C=O) groups is 1. The predicted molar refractivity (Wildman–Crippen MR) is 77.5 cm³/mol. The van der Waals surface area contributed by atoms with Gasteiger partial charge in [0.25, 0.3) is 0 Å². The number of hydrogen-bond acceptors (Lipinski definition) is 1. The largest absolute Gasteiger partial charge is 0.477 e. The summed E-state index contributed by atoms with van der Waals surface area (Å²) in [6, 6.07) is 9.61. The third-order valence-corrected chi connectivity index (χ3v) is 3.40. The molecule has 0 aliphatic rings. The van der Waals surface area contributed by atoms with Crippen LogP contribution in [-0.4, -0.2) is 15.6 Å². The smallest absolute Gasteiger partial charge is 0.352 e. The minimum Gasteiger partial charge on any atom is -0.477 e. The third kappa shape index (κ3) is 2.98. The number of para-hydroxylation sites is 1. The Bertz CT molecular complexity index is 583. The Labute approximate surface area is 113 Å². The van der Waals surface area contributed by atoms with Crippen LogP contribution in [0.15, 0.2) is 30.3 Å². The fourth-order valence-electron chi connectivity index (χ4n) is 2.78. The number of aromatic nitrogens is 1. The summed E-state index contributed by atoms with van der Waals surface area (Å²) in [5.74, 6) is 0.243. The summed E-state index contributed by atoms with van der Waals surface area (Å²) in [5.41, 5.74) is 1.40. The zero-order valence-corrected chi connectivity index (χ0v) is 11.8. The van der Waals surface area contributed by atoms with Crippen LogP contribution in [0.4, 0.5) is 0 Å². The van der Waals surface area contributed by atoms with Gasteiger partial charge in [-0.15, -0.1) is 0 Å². The van der Waals surface area contributed by atoms with Crippen LogP contribution in [0.3, 0.4) is 0 Å². The molecule has 102 valence electrons. The Kier molecular flexibility index (Phi) is 3.93. The van der Waals surface area contributed by atoms with Crippen molar-refractivity contribution in [2.45, 2.75) is 33.7 Å². The number of carboxylic acid groups (broad SMARTS) is 1. The third-order valence-electron chi connectivity index (χ3n) is 3.40. The van der Waals surface area contributed by atoms with Crippen LogP contribution < -0.4 is 0 Å². The van der Waals surface area contributed by atoms with Gasteiger partial charge in [-0.3, -0.25) is 0 Å². The average molecular weight is 259 g/mol. The van der Waals surface area contributed by atoms with E-state index in [1.54, 1.807) is 6.07 Å². The maximum atomic E-state index is 11.4. The van der Waals surface area contributed by atoms with Crippen molar-refractivity contribution in [1.82, 2.24) is 4.57 Å². The van der Waals surface area contributed by atoms with Crippen molar-refractivity contribution in [1.29, 1.82) is 0 Å². The molecular weight excluding hydrogens is 238 g/mol. The lowest BCUT2D eigenvalue weighted by molar-refractivity contribution is 0.0684. The first-order valence-corrected chi connectivity index (χ1v) is 6.80. The molecule has 0 aliphatic carbocycles. The first-order valence-electron chi connectivity index (χ1n) is 6.80. The molecule has 1 aromatic heterocycles. The van der Waals surface area contributed by atoms with Crippen molar-refractivity contribution >= 4 is 16.9 Å². The van der Waals surface area contributed by atoms with Crippen molar-refractivity contribution in [2.24, 2.45) is 11.8 Å². The summed E-state index contributed by atoms with van der Waals surface area (Å²) in [6.07, 6.45) is 1.10. The van der Waals surface area contributed by atoms with Crippen LogP contribution in [-0.2, 0) is 6.54 Å². The molecule has 1 N–H and O–H groups in total. The Balaban J connectivity index is 2.39. The van der Waals surface area contributed by atoms with E-state index in [0.717, 1.165) is 23.9 Å². The summed E-state index contributed by atoms with van der Waals surface area (Å²) in [4.78, 5) is 11.4. The van der Waals surface area contributed by atoms with Crippen LogP contribution >= 0.6 is 0 Å². The van der Waals surface area contributed by atoms with E-state index in [9.17, 15) is 9.90 Å². The van der Waals surface area contributed by atoms with Gasteiger partial charge in [0.2, 0.25) is 0 Å². The molecule has 3 nitrogen and oxygen atoms in total. The fourth-order valence-corrected chi connectivity index (χ4v) is 2.78. The summed E-state index contributed by atoms with van der Waals surface area (Å²) in [6.45, 7) is 7.33. The molecule has 0 amide bonds. The van der Waals surface area contributed by atoms with Gasteiger partial charge in [0.15, 0.2) is 0 Å². The standard InChI is InChI=1S/C16H21NO2/c1-11(2)8-12(3)10-17-14-7-5-4-6-13(14)9-15(17)16(18)19/h4-7,9,11-12H,8,10H2,1-3H3,(H,18,19). The van der Waals surface area contributed by atoms with E-state index in [-0.39, 0.29) is 0 Å². The Morgan fingerprint density at radius 1 is 1.26 bits per heavy atom. The van der Waals surface area contributed by atoms with Crippen LogP contribution in [0.25, 0.3) is 10.9 Å². The molecule has 0 fully saturated rings. The number of nitrogens with zero attached hydrogens (tertiary/aromatic N) is 1. The van der Waals surface area contributed by atoms with Crippen molar-refractivity contribution in [2.75, 3.05) is 0 Å². The molecule has 0 radical (unpaired) electrons. The van der Waals surface area contributed by atoms with Gasteiger partial charge in [0.05, 0.1) is 0 Å². The molecule has 2 rings (SSSR count). The van der Waals surface area contributed by atoms with Gasteiger partial charge in [-0.1, -0.05) is 39.0 Å². The van der Waals surface area contributed by atoms with Gasteiger partial charge in [-0.2, -0.15) is 0 Å². The number of aromatic carboxylic acids is 1. The van der Waals surface area contributed by atoms with Crippen LogP contribution in [0.2, 0.25) is 0 Å². The highest BCUT2D eigenvalue weighted by molar-refractivity contribution is 5.94. The molecule has 0 spiro atoms. The molecule has 0 aliphatic heterocycles. The molecule has 1 atom stereocenters. The van der Waals surface area contributed by atoms with E-state index >= 15 is 0 Å². The van der Waals surface area contributed by atoms with Gasteiger partial charge < -0.3 is 9.67 Å². The lowest BCUT2D eigenvalue weighted by Crippen LogP contribution is -2.14. The monoisotopic (exact) mass is 259 g/mol. The number of carboxylic acids is 1. The van der Waals surface area contributed by atoms with E-state index in [1.807, 2.05) is 28.8 Å². The molecule has 1 heterocycles. The van der Waals surface area contributed by atoms with E-state index in [2.05, 4.69) is 20.8 Å². The van der Waals surface area contributed by atoms with Crippen LogP contribution in [0.5, 0.6) is 0 Å². The van der Waals surface area contributed by atoms with Crippen molar-refractivity contribution in [3.63, 3.8) is 0 Å². The molecule has 0 bridgehead atoms. The summed E-state index contributed by atoms with van der Waals surface area (Å²) in [7, 11) is 0.